The van der Waals surface area contributed by atoms with E-state index in [0.29, 0.717) is 34.6 Å². The Balaban J connectivity index is 1.89. The van der Waals surface area contributed by atoms with Crippen LogP contribution in [0.1, 0.15) is 48.2 Å². The van der Waals surface area contributed by atoms with E-state index in [1.807, 2.05) is 0 Å². The Morgan fingerprint density at radius 2 is 1.73 bits per heavy atom. The number of hydrogen-bond acceptors (Lipinski definition) is 6. The molecule has 7 nitrogen and oxygen atoms in total. The van der Waals surface area contributed by atoms with Crippen molar-refractivity contribution in [3.63, 3.8) is 0 Å². The van der Waals surface area contributed by atoms with Crippen molar-refractivity contribution >= 4 is 50.2 Å². The van der Waals surface area contributed by atoms with Crippen LogP contribution in [-0.4, -0.2) is 27.4 Å². The summed E-state index contributed by atoms with van der Waals surface area (Å²) in [5.74, 6) is -1.14. The maximum atomic E-state index is 13.7. The Bertz CT molecular complexity index is 1310. The highest BCUT2D eigenvalue weighted by atomic mass is 35.5. The number of fused-ring (bicyclic) bond motifs is 1. The van der Waals surface area contributed by atoms with Gasteiger partial charge >= 0.3 is 5.97 Å². The Kier molecular flexibility index (Phi) is 6.50. The van der Waals surface area contributed by atoms with E-state index in [-0.39, 0.29) is 16.1 Å². The van der Waals surface area contributed by atoms with Gasteiger partial charge in [0.1, 0.15) is 16.9 Å². The van der Waals surface area contributed by atoms with E-state index in [4.69, 9.17) is 20.8 Å². The van der Waals surface area contributed by atoms with Gasteiger partial charge < -0.3 is 9.15 Å². The van der Waals surface area contributed by atoms with Crippen molar-refractivity contribution in [1.82, 2.24) is 0 Å². The van der Waals surface area contributed by atoms with E-state index in [9.17, 15) is 18.0 Å². The number of methoxy groups -OCH3 is 1. The number of amides is 1. The lowest BCUT2D eigenvalue weighted by molar-refractivity contribution is -0.122. The molecule has 33 heavy (non-hydrogen) atoms. The summed E-state index contributed by atoms with van der Waals surface area (Å²) in [6.07, 6.45) is 4.03. The lowest BCUT2D eigenvalue weighted by atomic mass is 9.88. The fraction of sp³-hybridized carbons (Fsp3) is 0.333. The third-order valence-electron chi connectivity index (χ3n) is 5.98. The fourth-order valence-corrected chi connectivity index (χ4v) is 5.90. The number of furan rings is 1. The number of hydrogen-bond donors (Lipinski definition) is 0. The number of anilines is 1. The minimum absolute atomic E-state index is 0.0484. The lowest BCUT2D eigenvalue weighted by Gasteiger charge is -2.29. The van der Waals surface area contributed by atoms with Gasteiger partial charge in [0.05, 0.1) is 17.7 Å². The average Bonchev–Trinajstić information content (AvgIpc) is 3.14. The zero-order valence-electron chi connectivity index (χ0n) is 18.3. The summed E-state index contributed by atoms with van der Waals surface area (Å²) >= 11 is 5.94. The van der Waals surface area contributed by atoms with Crippen molar-refractivity contribution in [2.45, 2.75) is 43.9 Å². The molecule has 174 valence electrons. The van der Waals surface area contributed by atoms with Gasteiger partial charge in [0.2, 0.25) is 5.91 Å². The van der Waals surface area contributed by atoms with E-state index in [1.54, 1.807) is 13.0 Å². The van der Waals surface area contributed by atoms with Gasteiger partial charge in [0, 0.05) is 16.3 Å². The monoisotopic (exact) mass is 489 g/mol. The number of halogens is 1. The third-order valence-corrected chi connectivity index (χ3v) is 7.97. The molecular formula is C24H24ClNO6S. The summed E-state index contributed by atoms with van der Waals surface area (Å²) in [7, 11) is -2.98. The molecule has 1 fully saturated rings. The molecule has 1 saturated carbocycles. The maximum Gasteiger partial charge on any atom is 0.342 e. The number of esters is 1. The van der Waals surface area contributed by atoms with Crippen LogP contribution >= 0.6 is 11.6 Å². The molecule has 1 aliphatic rings. The molecule has 0 saturated heterocycles. The quantitative estimate of drug-likeness (QED) is 0.440. The molecule has 1 aromatic heterocycles. The molecule has 0 bridgehead atoms. The molecule has 0 N–H and O–H groups in total. The van der Waals surface area contributed by atoms with Gasteiger partial charge in [0.25, 0.3) is 10.0 Å². The van der Waals surface area contributed by atoms with Crippen molar-refractivity contribution in [3.8, 4) is 0 Å². The van der Waals surface area contributed by atoms with E-state index in [0.717, 1.165) is 23.6 Å². The maximum absolute atomic E-state index is 13.7. The van der Waals surface area contributed by atoms with Crippen LogP contribution in [0.25, 0.3) is 11.0 Å². The first kappa shape index (κ1) is 23.3. The number of sulfonamides is 1. The lowest BCUT2D eigenvalue weighted by Crippen LogP contribution is -2.41. The average molecular weight is 490 g/mol. The molecule has 0 radical (unpaired) electrons. The second-order valence-corrected chi connectivity index (χ2v) is 10.3. The number of carbonyl (C=O) groups excluding carboxylic acids is 2. The number of ether oxygens (including phenoxy) is 1. The summed E-state index contributed by atoms with van der Waals surface area (Å²) in [6.45, 7) is 1.63. The number of benzene rings is 2. The number of rotatable bonds is 5. The number of aryl methyl sites for hydroxylation is 1. The van der Waals surface area contributed by atoms with E-state index in [1.165, 1.54) is 43.5 Å². The molecule has 9 heteroatoms. The molecule has 4 rings (SSSR count). The van der Waals surface area contributed by atoms with E-state index < -0.39 is 27.8 Å². The standard InChI is InChI=1S/C24H24ClNO6S/c1-15-22(24(28)31-2)20-14-18(10-13-21(20)32-15)26(23(27)16-6-4-3-5-7-16)33(29,30)19-11-8-17(25)9-12-19/h8-14,16H,3-7H2,1-2H3. The predicted molar refractivity (Wildman–Crippen MR) is 125 cm³/mol. The Labute approximate surface area is 197 Å². The van der Waals surface area contributed by atoms with Gasteiger partial charge in [0.15, 0.2) is 0 Å². The molecule has 3 aromatic rings. The van der Waals surface area contributed by atoms with E-state index >= 15 is 0 Å². The normalized spacial score (nSPS) is 14.9. The second-order valence-electron chi connectivity index (χ2n) is 8.10. The van der Waals surface area contributed by atoms with Gasteiger partial charge in [-0.2, -0.15) is 0 Å². The minimum atomic E-state index is -4.24. The smallest absolute Gasteiger partial charge is 0.342 e. The summed E-state index contributed by atoms with van der Waals surface area (Å²) in [5, 5.41) is 0.765. The van der Waals surface area contributed by atoms with Gasteiger partial charge in [-0.1, -0.05) is 30.9 Å². The van der Waals surface area contributed by atoms with Gasteiger partial charge in [-0.05, 0) is 62.2 Å². The van der Waals surface area contributed by atoms with Crippen LogP contribution in [0, 0.1) is 12.8 Å². The molecule has 1 amide bonds. The van der Waals surface area contributed by atoms with Crippen LogP contribution in [0.5, 0.6) is 0 Å². The molecule has 2 aromatic carbocycles. The third kappa shape index (κ3) is 4.37. The largest absolute Gasteiger partial charge is 0.465 e. The highest BCUT2D eigenvalue weighted by Crippen LogP contribution is 2.35. The highest BCUT2D eigenvalue weighted by Gasteiger charge is 2.36. The Hall–Kier alpha value is -2.84. The van der Waals surface area contributed by atoms with Gasteiger partial charge in [-0.25, -0.2) is 17.5 Å². The Morgan fingerprint density at radius 1 is 1.06 bits per heavy atom. The summed E-state index contributed by atoms with van der Waals surface area (Å²) in [4.78, 5) is 25.9. The van der Waals surface area contributed by atoms with Gasteiger partial charge in [-0.3, -0.25) is 4.79 Å². The molecule has 0 atom stereocenters. The van der Waals surface area contributed by atoms with Crippen LogP contribution in [0.2, 0.25) is 5.02 Å². The van der Waals surface area contributed by atoms with E-state index in [2.05, 4.69) is 0 Å². The van der Waals surface area contributed by atoms with Crippen LogP contribution in [0.4, 0.5) is 5.69 Å². The molecule has 0 unspecified atom stereocenters. The molecule has 0 aliphatic heterocycles. The Morgan fingerprint density at radius 3 is 2.36 bits per heavy atom. The first-order valence-corrected chi connectivity index (χ1v) is 12.5. The number of nitrogens with zero attached hydrogens (tertiary/aromatic N) is 1. The highest BCUT2D eigenvalue weighted by molar-refractivity contribution is 7.93. The van der Waals surface area contributed by atoms with Crippen LogP contribution < -0.4 is 4.31 Å². The van der Waals surface area contributed by atoms with Gasteiger partial charge in [-0.15, -0.1) is 0 Å². The second kappa shape index (κ2) is 9.19. The molecular weight excluding hydrogens is 466 g/mol. The summed E-state index contributed by atoms with van der Waals surface area (Å²) in [6, 6.07) is 10.2. The van der Waals surface area contributed by atoms with Crippen LogP contribution in [0.15, 0.2) is 51.8 Å². The minimum Gasteiger partial charge on any atom is -0.465 e. The van der Waals surface area contributed by atoms with Crippen LogP contribution in [-0.2, 0) is 19.6 Å². The molecule has 1 heterocycles. The van der Waals surface area contributed by atoms with Crippen molar-refractivity contribution in [1.29, 1.82) is 0 Å². The molecule has 1 aliphatic carbocycles. The van der Waals surface area contributed by atoms with Crippen molar-refractivity contribution in [2.75, 3.05) is 11.4 Å². The summed E-state index contributed by atoms with van der Waals surface area (Å²) < 4.78 is 38.8. The van der Waals surface area contributed by atoms with Crippen molar-refractivity contribution < 1.29 is 27.2 Å². The first-order chi connectivity index (χ1) is 15.7. The first-order valence-electron chi connectivity index (χ1n) is 10.7. The predicted octanol–water partition coefficient (Wildman–Crippen LogP) is 5.48. The SMILES string of the molecule is COC(=O)c1c(C)oc2ccc(N(C(=O)C3CCCCC3)S(=O)(=O)c3ccc(Cl)cc3)cc12. The van der Waals surface area contributed by atoms with Crippen LogP contribution in [0.3, 0.4) is 0 Å². The van der Waals surface area contributed by atoms with Crippen molar-refractivity contribution in [2.24, 2.45) is 5.92 Å². The summed E-state index contributed by atoms with van der Waals surface area (Å²) in [5.41, 5.74) is 0.730. The van der Waals surface area contributed by atoms with Crippen molar-refractivity contribution in [3.05, 3.63) is 58.8 Å². The zero-order chi connectivity index (χ0) is 23.8. The fourth-order valence-electron chi connectivity index (χ4n) is 4.30. The number of carbonyl (C=O) groups is 2. The zero-order valence-corrected chi connectivity index (χ0v) is 19.9. The molecule has 0 spiro atoms. The topological polar surface area (TPSA) is 93.9 Å².